The predicted octanol–water partition coefficient (Wildman–Crippen LogP) is 3.98. The van der Waals surface area contributed by atoms with Crippen molar-refractivity contribution in [1.29, 1.82) is 0 Å². The number of carbonyl (C=O) groups excluding carboxylic acids is 1. The molecular formula is C11H7BrClNOS. The molecule has 0 aliphatic rings. The highest BCUT2D eigenvalue weighted by Gasteiger charge is 2.16. The molecule has 16 heavy (non-hydrogen) atoms. The van der Waals surface area contributed by atoms with Crippen LogP contribution in [0.2, 0.25) is 5.02 Å². The van der Waals surface area contributed by atoms with Crippen molar-refractivity contribution >= 4 is 50.3 Å². The van der Waals surface area contributed by atoms with Gasteiger partial charge >= 0.3 is 0 Å². The summed E-state index contributed by atoms with van der Waals surface area (Å²) in [6, 6.07) is 6.73. The number of halogens is 2. The lowest BCUT2D eigenvalue weighted by molar-refractivity contribution is 0.104. The van der Waals surface area contributed by atoms with E-state index >= 15 is 0 Å². The first kappa shape index (κ1) is 11.6. The molecule has 0 spiro atoms. The molecular weight excluding hydrogens is 310 g/mol. The van der Waals surface area contributed by atoms with Crippen molar-refractivity contribution in [2.45, 2.75) is 0 Å². The zero-order valence-electron chi connectivity index (χ0n) is 8.04. The van der Waals surface area contributed by atoms with Crippen LogP contribution < -0.4 is 5.73 Å². The molecule has 0 amide bonds. The van der Waals surface area contributed by atoms with Crippen LogP contribution in [0.3, 0.4) is 0 Å². The predicted molar refractivity (Wildman–Crippen MR) is 71.3 cm³/mol. The maximum atomic E-state index is 12.1. The number of ketones is 1. The van der Waals surface area contributed by atoms with Gasteiger partial charge in [-0.3, -0.25) is 4.79 Å². The van der Waals surface area contributed by atoms with E-state index in [2.05, 4.69) is 15.9 Å². The maximum absolute atomic E-state index is 12.1. The summed E-state index contributed by atoms with van der Waals surface area (Å²) in [5, 5.41) is 2.23. The number of thiophene rings is 1. The van der Waals surface area contributed by atoms with Gasteiger partial charge in [0, 0.05) is 15.7 Å². The third kappa shape index (κ3) is 2.14. The van der Waals surface area contributed by atoms with E-state index in [1.54, 1.807) is 18.2 Å². The summed E-state index contributed by atoms with van der Waals surface area (Å²) >= 11 is 10.7. The maximum Gasteiger partial charge on any atom is 0.205 e. The molecule has 0 aliphatic heterocycles. The largest absolute Gasteiger partial charge is 0.399 e. The summed E-state index contributed by atoms with van der Waals surface area (Å²) in [4.78, 5) is 12.8. The van der Waals surface area contributed by atoms with Crippen LogP contribution in [0.1, 0.15) is 15.2 Å². The molecule has 1 aromatic carbocycles. The summed E-state index contributed by atoms with van der Waals surface area (Å²) in [6.45, 7) is 0. The number of nitrogen functional groups attached to an aromatic ring is 1. The summed E-state index contributed by atoms with van der Waals surface area (Å²) < 4.78 is 0.787. The SMILES string of the molecule is Nc1ccc(C(=O)c2sccc2Br)c(Cl)c1. The van der Waals surface area contributed by atoms with Crippen molar-refractivity contribution in [2.75, 3.05) is 5.73 Å². The minimum absolute atomic E-state index is 0.0909. The Kier molecular flexibility index (Phi) is 3.33. The highest BCUT2D eigenvalue weighted by Crippen LogP contribution is 2.28. The minimum Gasteiger partial charge on any atom is -0.399 e. The fraction of sp³-hybridized carbons (Fsp3) is 0. The number of rotatable bonds is 2. The number of anilines is 1. The topological polar surface area (TPSA) is 43.1 Å². The van der Waals surface area contributed by atoms with Gasteiger partial charge in [0.2, 0.25) is 5.78 Å². The first-order chi connectivity index (χ1) is 7.59. The Balaban J connectivity index is 2.46. The summed E-state index contributed by atoms with van der Waals surface area (Å²) in [5.41, 5.74) is 6.59. The molecule has 2 N–H and O–H groups in total. The molecule has 0 bridgehead atoms. The van der Waals surface area contributed by atoms with Crippen molar-refractivity contribution in [3.8, 4) is 0 Å². The molecule has 2 rings (SSSR count). The third-order valence-corrected chi connectivity index (χ3v) is 4.21. The molecule has 2 nitrogen and oxygen atoms in total. The van der Waals surface area contributed by atoms with Crippen molar-refractivity contribution in [3.05, 3.63) is 49.6 Å². The molecule has 0 saturated heterocycles. The van der Waals surface area contributed by atoms with E-state index in [-0.39, 0.29) is 5.78 Å². The second kappa shape index (κ2) is 4.57. The first-order valence-corrected chi connectivity index (χ1v) is 6.47. The molecule has 1 aromatic heterocycles. The lowest BCUT2D eigenvalue weighted by atomic mass is 10.1. The standard InChI is InChI=1S/C11H7BrClNOS/c12-8-3-4-16-11(8)10(15)7-2-1-6(14)5-9(7)13/h1-5H,14H2. The molecule has 5 heteroatoms. The van der Waals surface area contributed by atoms with Crippen molar-refractivity contribution < 1.29 is 4.79 Å². The van der Waals surface area contributed by atoms with Gasteiger partial charge in [0.25, 0.3) is 0 Å². The molecule has 0 unspecified atom stereocenters. The number of nitrogens with two attached hydrogens (primary N) is 1. The highest BCUT2D eigenvalue weighted by atomic mass is 79.9. The Hall–Kier alpha value is -0.840. The molecule has 2 aromatic rings. The van der Waals surface area contributed by atoms with Crippen LogP contribution >= 0.6 is 38.9 Å². The van der Waals surface area contributed by atoms with E-state index in [9.17, 15) is 4.79 Å². The van der Waals surface area contributed by atoms with Crippen molar-refractivity contribution in [2.24, 2.45) is 0 Å². The van der Waals surface area contributed by atoms with Gasteiger partial charge in [-0.15, -0.1) is 11.3 Å². The van der Waals surface area contributed by atoms with Crippen LogP contribution in [0, 0.1) is 0 Å². The molecule has 0 radical (unpaired) electrons. The Morgan fingerprint density at radius 3 is 2.69 bits per heavy atom. The summed E-state index contributed by atoms with van der Waals surface area (Å²) in [7, 11) is 0. The van der Waals surface area contributed by atoms with Gasteiger partial charge in [-0.2, -0.15) is 0 Å². The Labute approximate surface area is 110 Å². The summed E-state index contributed by atoms with van der Waals surface area (Å²) in [6.07, 6.45) is 0. The van der Waals surface area contributed by atoms with E-state index in [0.29, 0.717) is 21.2 Å². The minimum atomic E-state index is -0.0909. The van der Waals surface area contributed by atoms with Crippen LogP contribution in [0.25, 0.3) is 0 Å². The fourth-order valence-corrected chi connectivity index (χ4v) is 3.07. The quantitative estimate of drug-likeness (QED) is 0.673. The van der Waals surface area contributed by atoms with Gasteiger partial charge in [0.15, 0.2) is 0 Å². The second-order valence-electron chi connectivity index (χ2n) is 3.17. The Morgan fingerprint density at radius 1 is 1.38 bits per heavy atom. The Bertz CT molecular complexity index is 553. The average molecular weight is 317 g/mol. The van der Waals surface area contributed by atoms with Crippen LogP contribution in [-0.2, 0) is 0 Å². The third-order valence-electron chi connectivity index (χ3n) is 2.06. The van der Waals surface area contributed by atoms with Gasteiger partial charge in [-0.25, -0.2) is 0 Å². The Morgan fingerprint density at radius 2 is 2.12 bits per heavy atom. The number of carbonyl (C=O) groups is 1. The lowest BCUT2D eigenvalue weighted by Crippen LogP contribution is -2.01. The van der Waals surface area contributed by atoms with Gasteiger partial charge in [0.1, 0.15) is 0 Å². The van der Waals surface area contributed by atoms with Gasteiger partial charge in [0.05, 0.1) is 9.90 Å². The van der Waals surface area contributed by atoms with E-state index in [0.717, 1.165) is 4.47 Å². The monoisotopic (exact) mass is 315 g/mol. The van der Waals surface area contributed by atoms with Gasteiger partial charge in [-0.1, -0.05) is 11.6 Å². The molecule has 1 heterocycles. The lowest BCUT2D eigenvalue weighted by Gasteiger charge is -2.03. The van der Waals surface area contributed by atoms with Crippen LogP contribution in [0.15, 0.2) is 34.1 Å². The number of hydrogen-bond acceptors (Lipinski definition) is 3. The average Bonchev–Trinajstić information content (AvgIpc) is 2.63. The summed E-state index contributed by atoms with van der Waals surface area (Å²) in [5.74, 6) is -0.0909. The number of hydrogen-bond donors (Lipinski definition) is 1. The van der Waals surface area contributed by atoms with Crippen molar-refractivity contribution in [3.63, 3.8) is 0 Å². The van der Waals surface area contributed by atoms with Crippen LogP contribution in [-0.4, -0.2) is 5.78 Å². The molecule has 0 saturated carbocycles. The van der Waals surface area contributed by atoms with Crippen LogP contribution in [0.4, 0.5) is 5.69 Å². The van der Waals surface area contributed by atoms with Crippen LogP contribution in [0.5, 0.6) is 0 Å². The normalized spacial score (nSPS) is 10.4. The molecule has 0 fully saturated rings. The fourth-order valence-electron chi connectivity index (χ4n) is 1.29. The van der Waals surface area contributed by atoms with Crippen molar-refractivity contribution in [1.82, 2.24) is 0 Å². The second-order valence-corrected chi connectivity index (χ2v) is 5.34. The smallest absolute Gasteiger partial charge is 0.205 e. The zero-order valence-corrected chi connectivity index (χ0v) is 11.2. The van der Waals surface area contributed by atoms with E-state index in [1.165, 1.54) is 11.3 Å². The number of benzene rings is 1. The van der Waals surface area contributed by atoms with Gasteiger partial charge in [-0.05, 0) is 45.6 Å². The zero-order chi connectivity index (χ0) is 11.7. The van der Waals surface area contributed by atoms with E-state index in [1.807, 2.05) is 11.4 Å². The first-order valence-electron chi connectivity index (χ1n) is 4.42. The van der Waals surface area contributed by atoms with Gasteiger partial charge < -0.3 is 5.73 Å². The molecule has 0 atom stereocenters. The molecule has 0 aliphatic carbocycles. The van der Waals surface area contributed by atoms with E-state index in [4.69, 9.17) is 17.3 Å². The molecule has 82 valence electrons. The van der Waals surface area contributed by atoms with E-state index < -0.39 is 0 Å². The highest BCUT2D eigenvalue weighted by molar-refractivity contribution is 9.10.